The molecule has 6 heteroatoms. The van der Waals surface area contributed by atoms with Gasteiger partial charge in [-0.3, -0.25) is 9.59 Å². The van der Waals surface area contributed by atoms with E-state index in [4.69, 9.17) is 16.3 Å². The van der Waals surface area contributed by atoms with E-state index < -0.39 is 11.4 Å². The largest absolute Gasteiger partial charge is 0.481 e. The molecule has 1 aromatic carbocycles. The molecule has 0 spiro atoms. The number of carbonyl (C=O) groups excluding carboxylic acids is 1. The van der Waals surface area contributed by atoms with E-state index in [1.807, 2.05) is 19.9 Å². The highest BCUT2D eigenvalue weighted by Gasteiger charge is 2.44. The van der Waals surface area contributed by atoms with Crippen molar-refractivity contribution in [1.29, 1.82) is 0 Å². The van der Waals surface area contributed by atoms with Gasteiger partial charge in [0.15, 0.2) is 0 Å². The van der Waals surface area contributed by atoms with Gasteiger partial charge in [0.2, 0.25) is 0 Å². The lowest BCUT2D eigenvalue weighted by atomic mass is 9.80. The molecule has 1 atom stereocenters. The summed E-state index contributed by atoms with van der Waals surface area (Å²) in [6.45, 7) is 4.87. The number of hydrogen-bond acceptors (Lipinski definition) is 3. The number of rotatable bonds is 5. The van der Waals surface area contributed by atoms with Crippen LogP contribution in [0.25, 0.3) is 0 Å². The maximum Gasteiger partial charge on any atom is 0.313 e. The minimum Gasteiger partial charge on any atom is -0.481 e. The van der Waals surface area contributed by atoms with Crippen molar-refractivity contribution in [2.75, 3.05) is 26.8 Å². The summed E-state index contributed by atoms with van der Waals surface area (Å²) in [6, 6.07) is 5.30. The topological polar surface area (TPSA) is 66.8 Å². The monoisotopic (exact) mass is 353 g/mol. The summed E-state index contributed by atoms with van der Waals surface area (Å²) >= 11 is 6.28. The lowest BCUT2D eigenvalue weighted by Gasteiger charge is -2.39. The molecule has 5 nitrogen and oxygen atoms in total. The predicted octanol–water partition coefficient (Wildman–Crippen LogP) is 3.42. The van der Waals surface area contributed by atoms with Crippen molar-refractivity contribution in [1.82, 2.24) is 4.90 Å². The van der Waals surface area contributed by atoms with Gasteiger partial charge in [-0.2, -0.15) is 0 Å². The highest BCUT2D eigenvalue weighted by atomic mass is 35.5. The van der Waals surface area contributed by atoms with Crippen molar-refractivity contribution in [3.8, 4) is 0 Å². The Kier molecular flexibility index (Phi) is 5.88. The average molecular weight is 354 g/mol. The zero-order valence-corrected chi connectivity index (χ0v) is 15.1. The molecular formula is C18H24ClNO4. The fourth-order valence-corrected chi connectivity index (χ4v) is 3.65. The van der Waals surface area contributed by atoms with E-state index >= 15 is 0 Å². The van der Waals surface area contributed by atoms with Crippen molar-refractivity contribution < 1.29 is 19.4 Å². The smallest absolute Gasteiger partial charge is 0.313 e. The molecule has 1 amide bonds. The quantitative estimate of drug-likeness (QED) is 0.880. The van der Waals surface area contributed by atoms with Gasteiger partial charge in [0.05, 0.1) is 6.61 Å². The molecule has 0 bridgehead atoms. The molecule has 1 saturated heterocycles. The number of amides is 1. The van der Waals surface area contributed by atoms with Crippen LogP contribution in [-0.4, -0.2) is 48.7 Å². The Bertz CT molecular complexity index is 627. The van der Waals surface area contributed by atoms with Crippen LogP contribution in [0.4, 0.5) is 0 Å². The van der Waals surface area contributed by atoms with E-state index in [1.165, 1.54) is 7.11 Å². The number of nitrogens with zero attached hydrogens (tertiary/aromatic N) is 1. The Morgan fingerprint density at radius 3 is 2.67 bits per heavy atom. The number of halogens is 1. The summed E-state index contributed by atoms with van der Waals surface area (Å²) in [6.07, 6.45) is 1.15. The fraction of sp³-hybridized carbons (Fsp3) is 0.556. The number of methoxy groups -OCH3 is 1. The molecule has 1 N–H and O–H groups in total. The van der Waals surface area contributed by atoms with Gasteiger partial charge in [-0.25, -0.2) is 0 Å². The Balaban J connectivity index is 2.23. The molecule has 1 fully saturated rings. The third-order valence-corrected chi connectivity index (χ3v) is 4.94. The van der Waals surface area contributed by atoms with Crippen LogP contribution < -0.4 is 0 Å². The lowest BCUT2D eigenvalue weighted by Crippen LogP contribution is -2.52. The minimum absolute atomic E-state index is 0.0964. The zero-order chi connectivity index (χ0) is 17.9. The van der Waals surface area contributed by atoms with Crippen molar-refractivity contribution in [2.45, 2.75) is 32.6 Å². The molecule has 24 heavy (non-hydrogen) atoms. The van der Waals surface area contributed by atoms with Crippen LogP contribution in [0.5, 0.6) is 0 Å². The van der Waals surface area contributed by atoms with E-state index in [0.29, 0.717) is 30.0 Å². The number of hydrogen-bond donors (Lipinski definition) is 1. The molecule has 1 aliphatic rings. The first-order valence-electron chi connectivity index (χ1n) is 8.12. The number of carbonyl (C=O) groups is 2. The number of carboxylic acids is 1. The second-order valence-electron chi connectivity index (χ2n) is 6.74. The van der Waals surface area contributed by atoms with Gasteiger partial charge < -0.3 is 14.7 Å². The van der Waals surface area contributed by atoms with Gasteiger partial charge in [0.25, 0.3) is 5.91 Å². The average Bonchev–Trinajstić information content (AvgIpc) is 2.54. The Hall–Kier alpha value is -1.59. The van der Waals surface area contributed by atoms with E-state index in [2.05, 4.69) is 0 Å². The lowest BCUT2D eigenvalue weighted by molar-refractivity contribution is -0.155. The molecule has 132 valence electrons. The summed E-state index contributed by atoms with van der Waals surface area (Å²) in [7, 11) is 1.48. The van der Waals surface area contributed by atoms with Gasteiger partial charge in [0.1, 0.15) is 5.41 Å². The molecule has 1 aromatic rings. The third-order valence-electron chi connectivity index (χ3n) is 4.61. The summed E-state index contributed by atoms with van der Waals surface area (Å²) in [5, 5.41) is 10.2. The van der Waals surface area contributed by atoms with Gasteiger partial charge in [-0.1, -0.05) is 31.5 Å². The summed E-state index contributed by atoms with van der Waals surface area (Å²) < 4.78 is 5.10. The van der Waals surface area contributed by atoms with E-state index in [-0.39, 0.29) is 25.0 Å². The van der Waals surface area contributed by atoms with Gasteiger partial charge >= 0.3 is 5.97 Å². The van der Waals surface area contributed by atoms with Crippen molar-refractivity contribution in [2.24, 2.45) is 5.41 Å². The molecule has 0 radical (unpaired) electrons. The molecule has 1 aliphatic heterocycles. The summed E-state index contributed by atoms with van der Waals surface area (Å²) in [5.74, 6) is -0.832. The van der Waals surface area contributed by atoms with Crippen LogP contribution in [0.2, 0.25) is 5.02 Å². The first-order chi connectivity index (χ1) is 11.3. The summed E-state index contributed by atoms with van der Waals surface area (Å²) in [5.41, 5.74) is 0.443. The number of aliphatic carboxylic acids is 1. The van der Waals surface area contributed by atoms with Crippen molar-refractivity contribution >= 4 is 23.5 Å². The molecule has 2 rings (SSSR count). The van der Waals surface area contributed by atoms with Crippen LogP contribution in [-0.2, 0) is 9.53 Å². The molecular weight excluding hydrogens is 330 g/mol. The SMILES string of the molecule is COCC1(C(=O)O)CCCN(C(=O)c2ccc(C(C)C)c(Cl)c2)C1. The fourth-order valence-electron chi connectivity index (χ4n) is 3.25. The van der Waals surface area contributed by atoms with Gasteiger partial charge in [-0.15, -0.1) is 0 Å². The first kappa shape index (κ1) is 18.7. The van der Waals surface area contributed by atoms with Gasteiger partial charge in [0, 0.05) is 30.8 Å². The highest BCUT2D eigenvalue weighted by Crippen LogP contribution is 2.32. The van der Waals surface area contributed by atoms with Crippen LogP contribution >= 0.6 is 11.6 Å². The van der Waals surface area contributed by atoms with Crippen LogP contribution in [0.15, 0.2) is 18.2 Å². The predicted molar refractivity (Wildman–Crippen MR) is 92.6 cm³/mol. The van der Waals surface area contributed by atoms with E-state index in [0.717, 1.165) is 5.56 Å². The number of ether oxygens (including phenoxy) is 1. The normalized spacial score (nSPS) is 21.1. The maximum absolute atomic E-state index is 12.8. The molecule has 0 aromatic heterocycles. The number of carboxylic acid groups (broad SMARTS) is 1. The molecule has 1 unspecified atom stereocenters. The maximum atomic E-state index is 12.8. The number of benzene rings is 1. The van der Waals surface area contributed by atoms with Crippen molar-refractivity contribution in [3.05, 3.63) is 34.3 Å². The van der Waals surface area contributed by atoms with E-state index in [1.54, 1.807) is 17.0 Å². The molecule has 0 saturated carbocycles. The second kappa shape index (κ2) is 7.53. The number of likely N-dealkylation sites (tertiary alicyclic amines) is 1. The minimum atomic E-state index is -1.04. The Labute approximate surface area is 147 Å². The zero-order valence-electron chi connectivity index (χ0n) is 14.3. The van der Waals surface area contributed by atoms with Gasteiger partial charge in [-0.05, 0) is 36.5 Å². The van der Waals surface area contributed by atoms with Crippen LogP contribution in [0, 0.1) is 5.41 Å². The Morgan fingerprint density at radius 2 is 2.12 bits per heavy atom. The molecule has 1 heterocycles. The molecule has 0 aliphatic carbocycles. The summed E-state index contributed by atoms with van der Waals surface area (Å²) in [4.78, 5) is 26.1. The highest BCUT2D eigenvalue weighted by molar-refractivity contribution is 6.31. The Morgan fingerprint density at radius 1 is 1.42 bits per heavy atom. The first-order valence-corrected chi connectivity index (χ1v) is 8.49. The third kappa shape index (κ3) is 3.73. The van der Waals surface area contributed by atoms with Crippen molar-refractivity contribution in [3.63, 3.8) is 0 Å². The standard InChI is InChI=1S/C18H24ClNO4/c1-12(2)14-6-5-13(9-15(14)19)16(21)20-8-4-7-18(10-20,11-24-3)17(22)23/h5-6,9,12H,4,7-8,10-11H2,1-3H3,(H,22,23). The van der Waals surface area contributed by atoms with E-state index in [9.17, 15) is 14.7 Å². The van der Waals surface area contributed by atoms with Crippen LogP contribution in [0.3, 0.4) is 0 Å². The van der Waals surface area contributed by atoms with Crippen LogP contribution in [0.1, 0.15) is 48.5 Å². The second-order valence-corrected chi connectivity index (χ2v) is 7.15. The number of piperidine rings is 1.